The van der Waals surface area contributed by atoms with Crippen LogP contribution in [-0.4, -0.2) is 22.6 Å². The van der Waals surface area contributed by atoms with Gasteiger partial charge >= 0.3 is 0 Å². The highest BCUT2D eigenvalue weighted by Crippen LogP contribution is 2.16. The minimum absolute atomic E-state index is 0.661. The fraction of sp³-hybridized carbons (Fsp3) is 0.462. The minimum Gasteiger partial charge on any atom is -0.345 e. The summed E-state index contributed by atoms with van der Waals surface area (Å²) in [5.41, 5.74) is 3.60. The number of imidazole rings is 1. The maximum Gasteiger partial charge on any atom is 0.0931 e. The van der Waals surface area contributed by atoms with Crippen LogP contribution in [0.25, 0.3) is 11.0 Å². The monoisotopic (exact) mass is 215 g/mol. The molecule has 1 aliphatic rings. The van der Waals surface area contributed by atoms with Crippen LogP contribution < -0.4 is 5.32 Å². The number of aromatic nitrogens is 2. The fourth-order valence-electron chi connectivity index (χ4n) is 2.49. The molecule has 1 unspecified atom stereocenters. The molecule has 84 valence electrons. The molecule has 16 heavy (non-hydrogen) atoms. The zero-order chi connectivity index (χ0) is 10.8. The smallest absolute Gasteiger partial charge is 0.0931 e. The summed E-state index contributed by atoms with van der Waals surface area (Å²) in [6.45, 7) is 1.18. The summed E-state index contributed by atoms with van der Waals surface area (Å²) in [5.74, 6) is 0. The minimum atomic E-state index is 0.661. The van der Waals surface area contributed by atoms with Crippen molar-refractivity contribution in [2.45, 2.75) is 31.7 Å². The third-order valence-corrected chi connectivity index (χ3v) is 3.38. The number of piperidine rings is 1. The first kappa shape index (κ1) is 9.85. The van der Waals surface area contributed by atoms with Crippen molar-refractivity contribution in [2.75, 3.05) is 6.54 Å². The second-order valence-corrected chi connectivity index (χ2v) is 4.60. The largest absolute Gasteiger partial charge is 0.345 e. The van der Waals surface area contributed by atoms with Gasteiger partial charge in [-0.25, -0.2) is 4.98 Å². The lowest BCUT2D eigenvalue weighted by Gasteiger charge is -2.23. The number of nitrogens with one attached hydrogen (secondary N) is 2. The Morgan fingerprint density at radius 1 is 1.31 bits per heavy atom. The first-order valence-electron chi connectivity index (χ1n) is 6.07. The van der Waals surface area contributed by atoms with E-state index in [2.05, 4.69) is 33.5 Å². The first-order chi connectivity index (χ1) is 7.92. The number of rotatable bonds is 2. The molecule has 2 N–H and O–H groups in total. The number of hydrogen-bond donors (Lipinski definition) is 2. The second kappa shape index (κ2) is 4.26. The lowest BCUT2D eigenvalue weighted by molar-refractivity contribution is 0.399. The molecule has 1 fully saturated rings. The van der Waals surface area contributed by atoms with Crippen LogP contribution in [0.3, 0.4) is 0 Å². The van der Waals surface area contributed by atoms with Gasteiger partial charge in [-0.15, -0.1) is 0 Å². The molecule has 1 aliphatic heterocycles. The second-order valence-electron chi connectivity index (χ2n) is 4.60. The Bertz CT molecular complexity index is 469. The number of nitrogens with zero attached hydrogens (tertiary/aromatic N) is 1. The van der Waals surface area contributed by atoms with Gasteiger partial charge in [-0.1, -0.05) is 12.5 Å². The SMILES string of the molecule is c1nc2ccc(CC3CCCCN3)cc2[nH]1. The highest BCUT2D eigenvalue weighted by Gasteiger charge is 2.13. The summed E-state index contributed by atoms with van der Waals surface area (Å²) in [6.07, 6.45) is 6.89. The normalized spacial score (nSPS) is 21.4. The molecule has 0 aliphatic carbocycles. The van der Waals surface area contributed by atoms with Crippen molar-refractivity contribution in [3.05, 3.63) is 30.1 Å². The van der Waals surface area contributed by atoms with E-state index in [1.807, 2.05) is 0 Å². The summed E-state index contributed by atoms with van der Waals surface area (Å²) < 4.78 is 0. The van der Waals surface area contributed by atoms with Crippen LogP contribution in [0.1, 0.15) is 24.8 Å². The van der Waals surface area contributed by atoms with Crippen molar-refractivity contribution in [2.24, 2.45) is 0 Å². The van der Waals surface area contributed by atoms with Crippen molar-refractivity contribution in [1.29, 1.82) is 0 Å². The van der Waals surface area contributed by atoms with E-state index in [9.17, 15) is 0 Å². The molecule has 0 saturated carbocycles. The third kappa shape index (κ3) is 1.95. The van der Waals surface area contributed by atoms with Gasteiger partial charge in [0.1, 0.15) is 0 Å². The predicted molar refractivity (Wildman–Crippen MR) is 65.4 cm³/mol. The van der Waals surface area contributed by atoms with Crippen LogP contribution in [0.2, 0.25) is 0 Å². The van der Waals surface area contributed by atoms with Crippen LogP contribution in [0.5, 0.6) is 0 Å². The van der Waals surface area contributed by atoms with E-state index in [1.54, 1.807) is 6.33 Å². The predicted octanol–water partition coefficient (Wildman–Crippen LogP) is 2.25. The van der Waals surface area contributed by atoms with Crippen LogP contribution in [0.4, 0.5) is 0 Å². The lowest BCUT2D eigenvalue weighted by atomic mass is 9.98. The average molecular weight is 215 g/mol. The van der Waals surface area contributed by atoms with Gasteiger partial charge in [0.2, 0.25) is 0 Å². The zero-order valence-corrected chi connectivity index (χ0v) is 9.37. The van der Waals surface area contributed by atoms with Crippen molar-refractivity contribution in [3.8, 4) is 0 Å². The van der Waals surface area contributed by atoms with Crippen LogP contribution in [0.15, 0.2) is 24.5 Å². The molecule has 0 radical (unpaired) electrons. The number of fused-ring (bicyclic) bond motifs is 1. The molecule has 0 spiro atoms. The molecule has 2 aromatic rings. The molecule has 1 atom stereocenters. The van der Waals surface area contributed by atoms with Gasteiger partial charge in [-0.2, -0.15) is 0 Å². The molecule has 1 saturated heterocycles. The zero-order valence-electron chi connectivity index (χ0n) is 9.37. The van der Waals surface area contributed by atoms with E-state index < -0.39 is 0 Å². The maximum absolute atomic E-state index is 4.24. The molecule has 3 rings (SSSR count). The molecule has 2 heterocycles. The highest BCUT2D eigenvalue weighted by molar-refractivity contribution is 5.75. The molecule has 1 aromatic carbocycles. The molecule has 3 nitrogen and oxygen atoms in total. The van der Waals surface area contributed by atoms with Crippen molar-refractivity contribution < 1.29 is 0 Å². The molecule has 3 heteroatoms. The average Bonchev–Trinajstić information content (AvgIpc) is 2.77. The number of aromatic amines is 1. The lowest BCUT2D eigenvalue weighted by Crippen LogP contribution is -2.35. The van der Waals surface area contributed by atoms with E-state index in [1.165, 1.54) is 31.4 Å². The fourth-order valence-corrected chi connectivity index (χ4v) is 2.49. The molecule has 0 bridgehead atoms. The van der Waals surface area contributed by atoms with Gasteiger partial charge in [0.25, 0.3) is 0 Å². The third-order valence-electron chi connectivity index (χ3n) is 3.38. The Morgan fingerprint density at radius 2 is 2.31 bits per heavy atom. The van der Waals surface area contributed by atoms with Crippen molar-refractivity contribution >= 4 is 11.0 Å². The number of benzene rings is 1. The topological polar surface area (TPSA) is 40.7 Å². The standard InChI is InChI=1S/C13H17N3/c1-2-6-14-11(3-1)7-10-4-5-12-13(8-10)16-9-15-12/h4-5,8-9,11,14H,1-3,6-7H2,(H,15,16). The Kier molecular flexibility index (Phi) is 2.62. The molecular formula is C13H17N3. The van der Waals surface area contributed by atoms with E-state index in [0.717, 1.165) is 17.5 Å². The van der Waals surface area contributed by atoms with E-state index >= 15 is 0 Å². The van der Waals surface area contributed by atoms with Crippen LogP contribution >= 0.6 is 0 Å². The number of H-pyrrole nitrogens is 1. The quantitative estimate of drug-likeness (QED) is 0.806. The summed E-state index contributed by atoms with van der Waals surface area (Å²) in [5, 5.41) is 3.58. The van der Waals surface area contributed by atoms with Gasteiger partial charge < -0.3 is 10.3 Å². The van der Waals surface area contributed by atoms with Crippen LogP contribution in [0, 0.1) is 0 Å². The Hall–Kier alpha value is -1.35. The Morgan fingerprint density at radius 3 is 3.19 bits per heavy atom. The summed E-state index contributed by atoms with van der Waals surface area (Å²) in [4.78, 5) is 7.40. The van der Waals surface area contributed by atoms with E-state index in [-0.39, 0.29) is 0 Å². The Labute approximate surface area is 95.3 Å². The highest BCUT2D eigenvalue weighted by atomic mass is 14.9. The molecular weight excluding hydrogens is 198 g/mol. The maximum atomic E-state index is 4.24. The summed E-state index contributed by atoms with van der Waals surface area (Å²) >= 11 is 0. The van der Waals surface area contributed by atoms with E-state index in [4.69, 9.17) is 0 Å². The van der Waals surface area contributed by atoms with Gasteiger partial charge in [-0.05, 0) is 43.5 Å². The van der Waals surface area contributed by atoms with Gasteiger partial charge in [-0.3, -0.25) is 0 Å². The molecule has 1 aromatic heterocycles. The first-order valence-corrected chi connectivity index (χ1v) is 6.07. The summed E-state index contributed by atoms with van der Waals surface area (Å²) in [6, 6.07) is 7.18. The van der Waals surface area contributed by atoms with E-state index in [0.29, 0.717) is 6.04 Å². The Balaban J connectivity index is 1.77. The molecule has 0 amide bonds. The van der Waals surface area contributed by atoms with Gasteiger partial charge in [0.05, 0.1) is 17.4 Å². The van der Waals surface area contributed by atoms with Crippen molar-refractivity contribution in [1.82, 2.24) is 15.3 Å². The number of hydrogen-bond acceptors (Lipinski definition) is 2. The van der Waals surface area contributed by atoms with Gasteiger partial charge in [0, 0.05) is 6.04 Å². The van der Waals surface area contributed by atoms with Gasteiger partial charge in [0.15, 0.2) is 0 Å². The van der Waals surface area contributed by atoms with Crippen molar-refractivity contribution in [3.63, 3.8) is 0 Å². The summed E-state index contributed by atoms with van der Waals surface area (Å²) in [7, 11) is 0. The van der Waals surface area contributed by atoms with Crippen LogP contribution in [-0.2, 0) is 6.42 Å².